The monoisotopic (exact) mass is 218 g/mol. The summed E-state index contributed by atoms with van der Waals surface area (Å²) in [5.41, 5.74) is 5.38. The lowest BCUT2D eigenvalue weighted by molar-refractivity contribution is -0.145. The van der Waals surface area contributed by atoms with E-state index in [-0.39, 0.29) is 11.9 Å². The van der Waals surface area contributed by atoms with Crippen LogP contribution in [-0.2, 0) is 22.4 Å². The third-order valence-corrected chi connectivity index (χ3v) is 3.58. The first-order valence-corrected chi connectivity index (χ1v) is 5.78. The number of benzene rings is 1. The van der Waals surface area contributed by atoms with Gasteiger partial charge in [0.25, 0.3) is 0 Å². The maximum Gasteiger partial charge on any atom is 0.309 e. The van der Waals surface area contributed by atoms with Crippen LogP contribution in [0.25, 0.3) is 0 Å². The highest BCUT2D eigenvalue weighted by atomic mass is 16.5. The molecule has 1 aromatic carbocycles. The first-order valence-electron chi connectivity index (χ1n) is 5.78. The third kappa shape index (κ3) is 1.97. The van der Waals surface area contributed by atoms with Crippen molar-refractivity contribution >= 4 is 5.97 Å². The maximum atomic E-state index is 11.5. The molecule has 0 N–H and O–H groups in total. The van der Waals surface area contributed by atoms with E-state index in [0.29, 0.717) is 0 Å². The molecule has 0 heterocycles. The van der Waals surface area contributed by atoms with Gasteiger partial charge in [0.2, 0.25) is 0 Å². The predicted molar refractivity (Wildman–Crippen MR) is 63.4 cm³/mol. The van der Waals surface area contributed by atoms with Crippen LogP contribution in [0, 0.1) is 19.8 Å². The Morgan fingerprint density at radius 1 is 1.25 bits per heavy atom. The van der Waals surface area contributed by atoms with E-state index in [4.69, 9.17) is 4.74 Å². The molecule has 0 bridgehead atoms. The highest BCUT2D eigenvalue weighted by Crippen LogP contribution is 2.28. The Bertz CT molecular complexity index is 421. The van der Waals surface area contributed by atoms with E-state index in [0.717, 1.165) is 19.3 Å². The van der Waals surface area contributed by atoms with Crippen molar-refractivity contribution in [3.63, 3.8) is 0 Å². The van der Waals surface area contributed by atoms with E-state index in [1.165, 1.54) is 29.4 Å². The van der Waals surface area contributed by atoms with Gasteiger partial charge in [-0.05, 0) is 55.4 Å². The zero-order valence-electron chi connectivity index (χ0n) is 10.2. The maximum absolute atomic E-state index is 11.5. The van der Waals surface area contributed by atoms with Crippen molar-refractivity contribution in [1.29, 1.82) is 0 Å². The van der Waals surface area contributed by atoms with Gasteiger partial charge in [0.15, 0.2) is 0 Å². The van der Waals surface area contributed by atoms with Gasteiger partial charge in [-0.1, -0.05) is 12.1 Å². The van der Waals surface area contributed by atoms with Gasteiger partial charge in [-0.3, -0.25) is 4.79 Å². The number of fused-ring (bicyclic) bond motifs is 1. The lowest BCUT2D eigenvalue weighted by Gasteiger charge is -2.23. The van der Waals surface area contributed by atoms with Crippen LogP contribution in [0.15, 0.2) is 12.1 Å². The Morgan fingerprint density at radius 3 is 2.50 bits per heavy atom. The van der Waals surface area contributed by atoms with Gasteiger partial charge in [-0.25, -0.2) is 0 Å². The molecule has 1 aliphatic carbocycles. The van der Waals surface area contributed by atoms with Crippen molar-refractivity contribution in [3.05, 3.63) is 34.4 Å². The second-order valence-electron chi connectivity index (χ2n) is 4.67. The minimum Gasteiger partial charge on any atom is -0.469 e. The standard InChI is InChI=1S/C14H18O2/c1-9-6-11-4-5-12(14(15)16-3)8-13(11)7-10(9)2/h6-7,12H,4-5,8H2,1-3H3. The van der Waals surface area contributed by atoms with Crippen molar-refractivity contribution in [3.8, 4) is 0 Å². The molecule has 86 valence electrons. The molecule has 0 amide bonds. The van der Waals surface area contributed by atoms with Gasteiger partial charge in [0.1, 0.15) is 0 Å². The summed E-state index contributed by atoms with van der Waals surface area (Å²) in [5.74, 6) is -0.0107. The molecule has 1 atom stereocenters. The van der Waals surface area contributed by atoms with Gasteiger partial charge in [-0.15, -0.1) is 0 Å². The van der Waals surface area contributed by atoms with Gasteiger partial charge >= 0.3 is 5.97 Å². The highest BCUT2D eigenvalue weighted by Gasteiger charge is 2.25. The Kier molecular flexibility index (Phi) is 2.99. The van der Waals surface area contributed by atoms with Crippen LogP contribution in [0.5, 0.6) is 0 Å². The van der Waals surface area contributed by atoms with Gasteiger partial charge in [0.05, 0.1) is 13.0 Å². The molecule has 0 aliphatic heterocycles. The molecule has 1 unspecified atom stereocenters. The number of hydrogen-bond donors (Lipinski definition) is 0. The molecule has 1 aromatic rings. The summed E-state index contributed by atoms with van der Waals surface area (Å²) in [4.78, 5) is 11.5. The number of methoxy groups -OCH3 is 1. The highest BCUT2D eigenvalue weighted by molar-refractivity contribution is 5.73. The minimum absolute atomic E-state index is 0.0552. The van der Waals surface area contributed by atoms with E-state index >= 15 is 0 Å². The molecule has 0 spiro atoms. The summed E-state index contributed by atoms with van der Waals surface area (Å²) in [6, 6.07) is 4.48. The summed E-state index contributed by atoms with van der Waals surface area (Å²) < 4.78 is 4.82. The molecule has 0 aromatic heterocycles. The zero-order chi connectivity index (χ0) is 11.7. The van der Waals surface area contributed by atoms with E-state index < -0.39 is 0 Å². The number of esters is 1. The first-order chi connectivity index (χ1) is 7.61. The van der Waals surface area contributed by atoms with Crippen molar-refractivity contribution < 1.29 is 9.53 Å². The predicted octanol–water partition coefficient (Wildman–Crippen LogP) is 2.58. The van der Waals surface area contributed by atoms with Crippen LogP contribution < -0.4 is 0 Å². The summed E-state index contributed by atoms with van der Waals surface area (Å²) in [5, 5.41) is 0. The van der Waals surface area contributed by atoms with Crippen LogP contribution in [0.1, 0.15) is 28.7 Å². The van der Waals surface area contributed by atoms with Gasteiger partial charge < -0.3 is 4.74 Å². The Hall–Kier alpha value is -1.31. The van der Waals surface area contributed by atoms with Crippen molar-refractivity contribution in [2.75, 3.05) is 7.11 Å². The average molecular weight is 218 g/mol. The van der Waals surface area contributed by atoms with Crippen LogP contribution in [-0.4, -0.2) is 13.1 Å². The molecular weight excluding hydrogens is 200 g/mol. The Labute approximate surface area is 96.6 Å². The lowest BCUT2D eigenvalue weighted by atomic mass is 9.82. The van der Waals surface area contributed by atoms with E-state index in [1.54, 1.807) is 0 Å². The van der Waals surface area contributed by atoms with Crippen LogP contribution in [0.4, 0.5) is 0 Å². The van der Waals surface area contributed by atoms with E-state index in [9.17, 15) is 4.79 Å². The van der Waals surface area contributed by atoms with Crippen molar-refractivity contribution in [2.24, 2.45) is 5.92 Å². The quantitative estimate of drug-likeness (QED) is 0.677. The fraction of sp³-hybridized carbons (Fsp3) is 0.500. The largest absolute Gasteiger partial charge is 0.469 e. The normalized spacial score (nSPS) is 19.1. The molecule has 1 aliphatic rings. The summed E-state index contributed by atoms with van der Waals surface area (Å²) in [6.07, 6.45) is 2.75. The smallest absolute Gasteiger partial charge is 0.309 e. The molecule has 0 radical (unpaired) electrons. The second kappa shape index (κ2) is 4.28. The SMILES string of the molecule is COC(=O)C1CCc2cc(C)c(C)cc2C1. The molecule has 0 saturated carbocycles. The van der Waals surface area contributed by atoms with Crippen molar-refractivity contribution in [1.82, 2.24) is 0 Å². The molecule has 16 heavy (non-hydrogen) atoms. The van der Waals surface area contributed by atoms with Gasteiger partial charge in [-0.2, -0.15) is 0 Å². The molecule has 2 rings (SSSR count). The summed E-state index contributed by atoms with van der Waals surface area (Å²) >= 11 is 0. The molecule has 2 heteroatoms. The topological polar surface area (TPSA) is 26.3 Å². The molecule has 2 nitrogen and oxygen atoms in total. The number of carbonyl (C=O) groups excluding carboxylic acids is 1. The van der Waals surface area contributed by atoms with Gasteiger partial charge in [0, 0.05) is 0 Å². The van der Waals surface area contributed by atoms with Crippen LogP contribution in [0.3, 0.4) is 0 Å². The summed E-state index contributed by atoms with van der Waals surface area (Å²) in [7, 11) is 1.47. The first kappa shape index (κ1) is 11.2. The lowest BCUT2D eigenvalue weighted by Crippen LogP contribution is -2.23. The Morgan fingerprint density at radius 2 is 1.88 bits per heavy atom. The summed E-state index contributed by atoms with van der Waals surface area (Å²) in [6.45, 7) is 4.26. The molecular formula is C14H18O2. The number of ether oxygens (including phenoxy) is 1. The van der Waals surface area contributed by atoms with Crippen molar-refractivity contribution in [2.45, 2.75) is 33.1 Å². The Balaban J connectivity index is 2.27. The average Bonchev–Trinajstić information content (AvgIpc) is 2.29. The zero-order valence-corrected chi connectivity index (χ0v) is 10.2. The number of aryl methyl sites for hydroxylation is 3. The minimum atomic E-state index is -0.0659. The van der Waals surface area contributed by atoms with Crippen LogP contribution >= 0.6 is 0 Å². The van der Waals surface area contributed by atoms with E-state index in [1.807, 2.05) is 0 Å². The molecule has 0 saturated heterocycles. The number of carbonyl (C=O) groups is 1. The third-order valence-electron chi connectivity index (χ3n) is 3.58. The number of hydrogen-bond acceptors (Lipinski definition) is 2. The number of rotatable bonds is 1. The second-order valence-corrected chi connectivity index (χ2v) is 4.67. The fourth-order valence-corrected chi connectivity index (χ4v) is 2.42. The van der Waals surface area contributed by atoms with Crippen LogP contribution in [0.2, 0.25) is 0 Å². The molecule has 0 fully saturated rings. The van der Waals surface area contributed by atoms with E-state index in [2.05, 4.69) is 26.0 Å². The fourth-order valence-electron chi connectivity index (χ4n) is 2.42.